The molecule has 0 fully saturated rings. The van der Waals surface area contributed by atoms with E-state index in [-0.39, 0.29) is 36.8 Å². The highest BCUT2D eigenvalue weighted by Gasteiger charge is 2.14. The second-order valence-corrected chi connectivity index (χ2v) is 5.36. The molecule has 1 atom stereocenters. The molecule has 0 heterocycles. The van der Waals surface area contributed by atoms with Crippen molar-refractivity contribution in [2.45, 2.75) is 39.2 Å². The first-order valence-corrected chi connectivity index (χ1v) is 6.54. The Bertz CT molecular complexity index is 204. The summed E-state index contributed by atoms with van der Waals surface area (Å²) < 4.78 is 0. The normalized spacial score (nSPS) is 11.7. The second kappa shape index (κ2) is 14.4. The number of likely N-dealkylation sites (N-methyl/N-ethyl adjacent to an activating group) is 1. The van der Waals surface area contributed by atoms with E-state index in [0.717, 1.165) is 25.9 Å². The fourth-order valence-corrected chi connectivity index (χ4v) is 1.91. The number of amides is 1. The Morgan fingerprint density at radius 2 is 1.79 bits per heavy atom. The summed E-state index contributed by atoms with van der Waals surface area (Å²) in [6.45, 7) is 6.19. The van der Waals surface area contributed by atoms with Gasteiger partial charge in [0.15, 0.2) is 0 Å². The zero-order valence-corrected chi connectivity index (χ0v) is 14.5. The van der Waals surface area contributed by atoms with Gasteiger partial charge in [0.1, 0.15) is 0 Å². The van der Waals surface area contributed by atoms with Crippen LogP contribution in [0.1, 0.15) is 33.1 Å². The van der Waals surface area contributed by atoms with Crippen molar-refractivity contribution in [1.29, 1.82) is 0 Å². The summed E-state index contributed by atoms with van der Waals surface area (Å²) in [5, 5.41) is 6.18. The van der Waals surface area contributed by atoms with Gasteiger partial charge in [-0.15, -0.1) is 24.8 Å². The van der Waals surface area contributed by atoms with Gasteiger partial charge in [0.2, 0.25) is 5.91 Å². The van der Waals surface area contributed by atoms with Gasteiger partial charge < -0.3 is 15.5 Å². The molecule has 0 aliphatic rings. The van der Waals surface area contributed by atoms with E-state index >= 15 is 0 Å². The molecule has 1 amide bonds. The molecule has 0 bridgehead atoms. The van der Waals surface area contributed by atoms with Crippen LogP contribution in [-0.4, -0.2) is 51.1 Å². The lowest BCUT2D eigenvalue weighted by molar-refractivity contribution is -0.122. The third-order valence-electron chi connectivity index (χ3n) is 2.54. The third-order valence-corrected chi connectivity index (χ3v) is 2.54. The standard InChI is InChI=1S/C13H29N3O.2ClH/c1-11(2)9-12(10-16(4)5)15-13(17)7-6-8-14-3;;/h11-12,14H,6-10H2,1-5H3,(H,15,17);2*1H. The largest absolute Gasteiger partial charge is 0.352 e. The van der Waals surface area contributed by atoms with Gasteiger partial charge >= 0.3 is 0 Å². The van der Waals surface area contributed by atoms with E-state index in [9.17, 15) is 4.79 Å². The number of nitrogens with zero attached hydrogens (tertiary/aromatic N) is 1. The first-order chi connectivity index (χ1) is 7.95. The Morgan fingerprint density at radius 1 is 1.21 bits per heavy atom. The molecule has 0 aromatic rings. The lowest BCUT2D eigenvalue weighted by Crippen LogP contribution is -2.42. The predicted molar refractivity (Wildman–Crippen MR) is 87.6 cm³/mol. The summed E-state index contributed by atoms with van der Waals surface area (Å²) in [6.07, 6.45) is 2.55. The van der Waals surface area contributed by atoms with E-state index in [1.54, 1.807) is 0 Å². The van der Waals surface area contributed by atoms with Gasteiger partial charge in [-0.3, -0.25) is 4.79 Å². The maximum atomic E-state index is 11.7. The molecule has 0 radical (unpaired) electrons. The monoisotopic (exact) mass is 315 g/mol. The highest BCUT2D eigenvalue weighted by atomic mass is 35.5. The van der Waals surface area contributed by atoms with Crippen molar-refractivity contribution in [3.8, 4) is 0 Å². The number of carbonyl (C=O) groups excluding carboxylic acids is 1. The zero-order chi connectivity index (χ0) is 13.3. The van der Waals surface area contributed by atoms with Crippen LogP contribution < -0.4 is 10.6 Å². The SMILES string of the molecule is CNCCCC(=O)NC(CC(C)C)CN(C)C.Cl.Cl. The van der Waals surface area contributed by atoms with E-state index in [0.29, 0.717) is 12.3 Å². The van der Waals surface area contributed by atoms with Crippen LogP contribution in [0.15, 0.2) is 0 Å². The molecule has 0 saturated carbocycles. The number of hydrogen-bond acceptors (Lipinski definition) is 3. The van der Waals surface area contributed by atoms with Gasteiger partial charge in [0, 0.05) is 19.0 Å². The Morgan fingerprint density at radius 3 is 2.21 bits per heavy atom. The zero-order valence-electron chi connectivity index (χ0n) is 12.9. The highest BCUT2D eigenvalue weighted by Crippen LogP contribution is 2.06. The molecule has 0 aromatic carbocycles. The van der Waals surface area contributed by atoms with Crippen molar-refractivity contribution < 1.29 is 4.79 Å². The van der Waals surface area contributed by atoms with Crippen LogP contribution in [0.4, 0.5) is 0 Å². The minimum atomic E-state index is 0. The molecule has 4 nitrogen and oxygen atoms in total. The molecule has 2 N–H and O–H groups in total. The van der Waals surface area contributed by atoms with Crippen LogP contribution in [-0.2, 0) is 4.79 Å². The topological polar surface area (TPSA) is 44.4 Å². The average Bonchev–Trinajstić information content (AvgIpc) is 2.15. The van der Waals surface area contributed by atoms with Gasteiger partial charge in [-0.25, -0.2) is 0 Å². The van der Waals surface area contributed by atoms with Crippen molar-refractivity contribution in [1.82, 2.24) is 15.5 Å². The second-order valence-electron chi connectivity index (χ2n) is 5.36. The highest BCUT2D eigenvalue weighted by molar-refractivity contribution is 5.85. The molecular formula is C13H31Cl2N3O. The summed E-state index contributed by atoms with van der Waals surface area (Å²) in [5.41, 5.74) is 0. The Hall–Kier alpha value is -0.0300. The van der Waals surface area contributed by atoms with Crippen molar-refractivity contribution in [3.63, 3.8) is 0 Å². The third kappa shape index (κ3) is 15.9. The fraction of sp³-hybridized carbons (Fsp3) is 0.923. The molecule has 1 unspecified atom stereocenters. The summed E-state index contributed by atoms with van der Waals surface area (Å²) in [7, 11) is 5.99. The number of nitrogens with one attached hydrogen (secondary N) is 2. The van der Waals surface area contributed by atoms with Gasteiger partial charge in [-0.2, -0.15) is 0 Å². The van der Waals surface area contributed by atoms with Crippen LogP contribution in [0.2, 0.25) is 0 Å². The summed E-state index contributed by atoms with van der Waals surface area (Å²) >= 11 is 0. The van der Waals surface area contributed by atoms with Crippen LogP contribution in [0.3, 0.4) is 0 Å². The van der Waals surface area contributed by atoms with Crippen molar-refractivity contribution in [2.24, 2.45) is 5.92 Å². The first kappa shape index (κ1) is 24.0. The lowest BCUT2D eigenvalue weighted by atomic mass is 10.0. The molecule has 19 heavy (non-hydrogen) atoms. The molecule has 0 aliphatic carbocycles. The minimum absolute atomic E-state index is 0. The van der Waals surface area contributed by atoms with E-state index in [1.165, 1.54) is 0 Å². The fourth-order valence-electron chi connectivity index (χ4n) is 1.91. The van der Waals surface area contributed by atoms with Crippen LogP contribution >= 0.6 is 24.8 Å². The summed E-state index contributed by atoms with van der Waals surface area (Å²) in [6, 6.07) is 0.270. The van der Waals surface area contributed by atoms with Crippen molar-refractivity contribution in [2.75, 3.05) is 34.2 Å². The number of hydrogen-bond donors (Lipinski definition) is 2. The van der Waals surface area contributed by atoms with E-state index in [4.69, 9.17) is 0 Å². The molecule has 0 spiro atoms. The van der Waals surface area contributed by atoms with E-state index < -0.39 is 0 Å². The minimum Gasteiger partial charge on any atom is -0.352 e. The Kier molecular flexibility index (Phi) is 18.2. The predicted octanol–water partition coefficient (Wildman–Crippen LogP) is 1.92. The quantitative estimate of drug-likeness (QED) is 0.639. The molecule has 0 aromatic heterocycles. The Labute approximate surface area is 130 Å². The van der Waals surface area contributed by atoms with Crippen molar-refractivity contribution >= 4 is 30.7 Å². The van der Waals surface area contributed by atoms with E-state index in [1.807, 2.05) is 21.1 Å². The molecular weight excluding hydrogens is 285 g/mol. The lowest BCUT2D eigenvalue weighted by Gasteiger charge is -2.24. The molecule has 118 valence electrons. The summed E-state index contributed by atoms with van der Waals surface area (Å²) in [4.78, 5) is 13.9. The van der Waals surface area contributed by atoms with Gasteiger partial charge in [-0.05, 0) is 46.4 Å². The maximum absolute atomic E-state index is 11.7. The number of halogens is 2. The first-order valence-electron chi connectivity index (χ1n) is 6.54. The average molecular weight is 316 g/mol. The van der Waals surface area contributed by atoms with Crippen LogP contribution in [0.5, 0.6) is 0 Å². The Balaban J connectivity index is -0.00000128. The molecule has 0 saturated heterocycles. The molecule has 6 heteroatoms. The van der Waals surface area contributed by atoms with Crippen LogP contribution in [0, 0.1) is 5.92 Å². The number of carbonyl (C=O) groups is 1. The summed E-state index contributed by atoms with van der Waals surface area (Å²) in [5.74, 6) is 0.783. The van der Waals surface area contributed by atoms with Crippen LogP contribution in [0.25, 0.3) is 0 Å². The van der Waals surface area contributed by atoms with Crippen molar-refractivity contribution in [3.05, 3.63) is 0 Å². The number of rotatable bonds is 9. The van der Waals surface area contributed by atoms with Gasteiger partial charge in [-0.1, -0.05) is 13.8 Å². The maximum Gasteiger partial charge on any atom is 0.220 e. The van der Waals surface area contributed by atoms with Gasteiger partial charge in [0.05, 0.1) is 0 Å². The smallest absolute Gasteiger partial charge is 0.220 e. The van der Waals surface area contributed by atoms with E-state index in [2.05, 4.69) is 29.4 Å². The molecule has 0 aliphatic heterocycles. The van der Waals surface area contributed by atoms with Gasteiger partial charge in [0.25, 0.3) is 0 Å². The molecule has 0 rings (SSSR count).